The monoisotopic (exact) mass is 226 g/mol. The van der Waals surface area contributed by atoms with E-state index in [9.17, 15) is 0 Å². The topological polar surface area (TPSA) is 18.5 Å². The first-order chi connectivity index (χ1) is 7.31. The number of hydrogen-bond donors (Lipinski definition) is 0. The van der Waals surface area contributed by atoms with Crippen LogP contribution < -0.4 is 4.74 Å². The second-order valence-electron chi connectivity index (χ2n) is 3.80. The lowest BCUT2D eigenvalue weighted by Crippen LogP contribution is -2.07. The minimum atomic E-state index is 0.0541. The summed E-state index contributed by atoms with van der Waals surface area (Å²) in [5, 5.41) is 0.0541. The van der Waals surface area contributed by atoms with E-state index in [1.807, 2.05) is 24.3 Å². The van der Waals surface area contributed by atoms with Gasteiger partial charge in [-0.05, 0) is 24.1 Å². The summed E-state index contributed by atoms with van der Waals surface area (Å²) < 4.78 is 10.4. The fourth-order valence-corrected chi connectivity index (χ4v) is 2.19. The van der Waals surface area contributed by atoms with E-state index >= 15 is 0 Å². The van der Waals surface area contributed by atoms with Gasteiger partial charge >= 0.3 is 0 Å². The fourth-order valence-electron chi connectivity index (χ4n) is 1.84. The molecule has 0 radical (unpaired) electrons. The summed E-state index contributed by atoms with van der Waals surface area (Å²) in [6, 6.07) is 7.94. The molecule has 0 saturated carbocycles. The van der Waals surface area contributed by atoms with Gasteiger partial charge in [-0.2, -0.15) is 0 Å². The van der Waals surface area contributed by atoms with Crippen LogP contribution in [0.5, 0.6) is 5.75 Å². The third-order valence-electron chi connectivity index (χ3n) is 2.81. The first-order valence-corrected chi connectivity index (χ1v) is 5.60. The van der Waals surface area contributed by atoms with Gasteiger partial charge in [-0.3, -0.25) is 0 Å². The van der Waals surface area contributed by atoms with Crippen molar-refractivity contribution in [2.75, 3.05) is 20.3 Å². The Morgan fingerprint density at radius 2 is 2.13 bits per heavy atom. The maximum absolute atomic E-state index is 6.39. The summed E-state index contributed by atoms with van der Waals surface area (Å²) in [4.78, 5) is 0. The zero-order chi connectivity index (χ0) is 10.7. The predicted octanol–water partition coefficient (Wildman–Crippen LogP) is 3.01. The van der Waals surface area contributed by atoms with Gasteiger partial charge in [0, 0.05) is 12.5 Å². The van der Waals surface area contributed by atoms with Crippen LogP contribution in [0.25, 0.3) is 0 Å². The van der Waals surface area contributed by atoms with E-state index in [4.69, 9.17) is 21.1 Å². The lowest BCUT2D eigenvalue weighted by atomic mass is 9.98. The largest absolute Gasteiger partial charge is 0.497 e. The first kappa shape index (κ1) is 10.8. The number of alkyl halides is 1. The average molecular weight is 227 g/mol. The molecule has 2 rings (SSSR count). The Balaban J connectivity index is 2.07. The molecule has 1 aliphatic rings. The van der Waals surface area contributed by atoms with Crippen LogP contribution in [-0.2, 0) is 4.74 Å². The SMILES string of the molecule is COc1ccc(C(Cl)C2CCOC2)cc1. The molecule has 1 aromatic carbocycles. The molecule has 0 spiro atoms. The summed E-state index contributed by atoms with van der Waals surface area (Å²) in [6.07, 6.45) is 1.06. The Kier molecular flexibility index (Phi) is 3.49. The van der Waals surface area contributed by atoms with E-state index in [0.29, 0.717) is 5.92 Å². The first-order valence-electron chi connectivity index (χ1n) is 5.17. The van der Waals surface area contributed by atoms with Crippen molar-refractivity contribution in [2.24, 2.45) is 5.92 Å². The number of halogens is 1. The van der Waals surface area contributed by atoms with Gasteiger partial charge in [-0.1, -0.05) is 12.1 Å². The highest BCUT2D eigenvalue weighted by Crippen LogP contribution is 2.34. The number of benzene rings is 1. The van der Waals surface area contributed by atoms with Crippen molar-refractivity contribution in [3.63, 3.8) is 0 Å². The summed E-state index contributed by atoms with van der Waals surface area (Å²) in [6.45, 7) is 1.62. The van der Waals surface area contributed by atoms with Crippen LogP contribution in [0.1, 0.15) is 17.4 Å². The van der Waals surface area contributed by atoms with Crippen molar-refractivity contribution in [3.8, 4) is 5.75 Å². The molecule has 0 aliphatic carbocycles. The quantitative estimate of drug-likeness (QED) is 0.738. The third-order valence-corrected chi connectivity index (χ3v) is 3.42. The Morgan fingerprint density at radius 1 is 1.40 bits per heavy atom. The zero-order valence-electron chi connectivity index (χ0n) is 8.78. The number of ether oxygens (including phenoxy) is 2. The summed E-state index contributed by atoms with van der Waals surface area (Å²) in [7, 11) is 1.66. The minimum absolute atomic E-state index is 0.0541. The van der Waals surface area contributed by atoms with Gasteiger partial charge in [-0.25, -0.2) is 0 Å². The summed E-state index contributed by atoms with van der Waals surface area (Å²) >= 11 is 6.39. The normalized spacial score (nSPS) is 22.7. The van der Waals surface area contributed by atoms with E-state index < -0.39 is 0 Å². The Morgan fingerprint density at radius 3 is 2.67 bits per heavy atom. The van der Waals surface area contributed by atoms with Crippen molar-refractivity contribution in [2.45, 2.75) is 11.8 Å². The van der Waals surface area contributed by atoms with E-state index in [2.05, 4.69) is 0 Å². The Hall–Kier alpha value is -0.730. The van der Waals surface area contributed by atoms with Crippen LogP contribution in [0.2, 0.25) is 0 Å². The van der Waals surface area contributed by atoms with Gasteiger partial charge in [0.1, 0.15) is 5.75 Å². The van der Waals surface area contributed by atoms with Gasteiger partial charge in [-0.15, -0.1) is 11.6 Å². The van der Waals surface area contributed by atoms with E-state index in [0.717, 1.165) is 30.9 Å². The van der Waals surface area contributed by atoms with Crippen LogP contribution >= 0.6 is 11.6 Å². The van der Waals surface area contributed by atoms with Crippen LogP contribution in [0.15, 0.2) is 24.3 Å². The molecule has 0 amide bonds. The Labute approximate surface area is 95.1 Å². The van der Waals surface area contributed by atoms with Gasteiger partial charge in [0.15, 0.2) is 0 Å². The van der Waals surface area contributed by atoms with Gasteiger partial charge in [0.25, 0.3) is 0 Å². The van der Waals surface area contributed by atoms with Gasteiger partial charge < -0.3 is 9.47 Å². The average Bonchev–Trinajstić information content (AvgIpc) is 2.82. The molecule has 0 N–H and O–H groups in total. The number of methoxy groups -OCH3 is 1. The molecule has 2 nitrogen and oxygen atoms in total. The van der Waals surface area contributed by atoms with Crippen LogP contribution in [-0.4, -0.2) is 20.3 Å². The van der Waals surface area contributed by atoms with E-state index in [1.54, 1.807) is 7.11 Å². The number of hydrogen-bond acceptors (Lipinski definition) is 2. The van der Waals surface area contributed by atoms with Gasteiger partial charge in [0.2, 0.25) is 0 Å². The molecule has 1 heterocycles. The van der Waals surface area contributed by atoms with Crippen molar-refractivity contribution >= 4 is 11.6 Å². The number of rotatable bonds is 3. The van der Waals surface area contributed by atoms with Crippen LogP contribution in [0.3, 0.4) is 0 Å². The molecular formula is C12H15ClO2. The molecule has 0 bridgehead atoms. The highest BCUT2D eigenvalue weighted by molar-refractivity contribution is 6.21. The van der Waals surface area contributed by atoms with Crippen LogP contribution in [0.4, 0.5) is 0 Å². The zero-order valence-corrected chi connectivity index (χ0v) is 9.54. The van der Waals surface area contributed by atoms with Crippen molar-refractivity contribution in [1.82, 2.24) is 0 Å². The van der Waals surface area contributed by atoms with Crippen molar-refractivity contribution in [3.05, 3.63) is 29.8 Å². The predicted molar refractivity (Wildman–Crippen MR) is 60.5 cm³/mol. The third kappa shape index (κ3) is 2.44. The summed E-state index contributed by atoms with van der Waals surface area (Å²) in [5.41, 5.74) is 1.15. The molecule has 82 valence electrons. The maximum Gasteiger partial charge on any atom is 0.118 e. The molecule has 1 aliphatic heterocycles. The van der Waals surface area contributed by atoms with Crippen molar-refractivity contribution in [1.29, 1.82) is 0 Å². The lowest BCUT2D eigenvalue weighted by Gasteiger charge is -2.15. The molecule has 0 aromatic heterocycles. The highest BCUT2D eigenvalue weighted by Gasteiger charge is 2.25. The summed E-state index contributed by atoms with van der Waals surface area (Å²) in [5.74, 6) is 1.31. The van der Waals surface area contributed by atoms with Crippen molar-refractivity contribution < 1.29 is 9.47 Å². The second kappa shape index (κ2) is 4.86. The molecule has 2 unspecified atom stereocenters. The maximum atomic E-state index is 6.39. The van der Waals surface area contributed by atoms with Crippen LogP contribution in [0, 0.1) is 5.92 Å². The molecule has 1 fully saturated rings. The second-order valence-corrected chi connectivity index (χ2v) is 4.27. The molecular weight excluding hydrogens is 212 g/mol. The molecule has 1 aromatic rings. The molecule has 3 heteroatoms. The van der Waals surface area contributed by atoms with E-state index in [1.165, 1.54) is 0 Å². The molecule has 2 atom stereocenters. The lowest BCUT2D eigenvalue weighted by molar-refractivity contribution is 0.185. The Bertz CT molecular complexity index is 304. The molecule has 1 saturated heterocycles. The molecule has 15 heavy (non-hydrogen) atoms. The minimum Gasteiger partial charge on any atom is -0.497 e. The highest BCUT2D eigenvalue weighted by atomic mass is 35.5. The van der Waals surface area contributed by atoms with E-state index in [-0.39, 0.29) is 5.38 Å². The fraction of sp³-hybridized carbons (Fsp3) is 0.500. The standard InChI is InChI=1S/C12H15ClO2/c1-14-11-4-2-9(3-5-11)12(13)10-6-7-15-8-10/h2-5,10,12H,6-8H2,1H3. The smallest absolute Gasteiger partial charge is 0.118 e. The van der Waals surface area contributed by atoms with Gasteiger partial charge in [0.05, 0.1) is 19.1 Å².